The monoisotopic (exact) mass is 286 g/mol. The van der Waals surface area contributed by atoms with Gasteiger partial charge in [-0.1, -0.05) is 23.2 Å². The summed E-state index contributed by atoms with van der Waals surface area (Å²) in [5, 5.41) is 15.1. The molecule has 0 unspecified atom stereocenters. The lowest BCUT2D eigenvalue weighted by Gasteiger charge is -2.23. The van der Waals surface area contributed by atoms with Crippen LogP contribution < -0.4 is 10.6 Å². The first kappa shape index (κ1) is 13.2. The number of aromatic amines is 1. The van der Waals surface area contributed by atoms with E-state index in [1.165, 1.54) is 0 Å². The lowest BCUT2D eigenvalue weighted by molar-refractivity contribution is 0.0925. The molecule has 0 aliphatic carbocycles. The van der Waals surface area contributed by atoms with Gasteiger partial charge in [-0.25, -0.2) is 0 Å². The van der Waals surface area contributed by atoms with Crippen LogP contribution in [0.3, 0.4) is 0 Å². The van der Waals surface area contributed by atoms with Crippen molar-refractivity contribution in [3.63, 3.8) is 0 Å². The third kappa shape index (κ3) is 2.61. The minimum atomic E-state index is -0.324. The predicted molar refractivity (Wildman–Crippen MR) is 68.9 cm³/mol. The van der Waals surface area contributed by atoms with Gasteiger partial charge in [-0.05, 0) is 25.9 Å². The van der Waals surface area contributed by atoms with Gasteiger partial charge in [0.05, 0.1) is 10.0 Å². The van der Waals surface area contributed by atoms with Gasteiger partial charge in [0.15, 0.2) is 0 Å². The summed E-state index contributed by atoms with van der Waals surface area (Å²) in [4.78, 5) is 14.6. The number of halogens is 2. The molecule has 0 radical (unpaired) electrons. The molecular formula is C11H12Cl2N4O. The van der Waals surface area contributed by atoms with Gasteiger partial charge in [-0.3, -0.25) is 4.79 Å². The maximum absolute atomic E-state index is 12.0. The molecule has 2 heterocycles. The second-order valence-corrected chi connectivity index (χ2v) is 4.87. The maximum Gasteiger partial charge on any atom is 0.269 e. The quantitative estimate of drug-likeness (QED) is 0.774. The zero-order valence-electron chi connectivity index (χ0n) is 9.52. The van der Waals surface area contributed by atoms with Crippen molar-refractivity contribution < 1.29 is 4.79 Å². The van der Waals surface area contributed by atoms with Crippen LogP contribution in [0.2, 0.25) is 10.0 Å². The number of hydrogen-bond donors (Lipinski definition) is 3. The van der Waals surface area contributed by atoms with Crippen LogP contribution in [0.5, 0.6) is 0 Å². The Labute approximate surface area is 114 Å². The number of carbonyl (C=O) groups excluding carboxylic acids is 1. The fourth-order valence-corrected chi connectivity index (χ4v) is 2.32. The normalized spacial score (nSPS) is 16.3. The number of amides is 1. The number of nitrogens with zero attached hydrogens (tertiary/aromatic N) is 1. The Hall–Kier alpha value is -1.22. The smallest absolute Gasteiger partial charge is 0.269 e. The van der Waals surface area contributed by atoms with Crippen molar-refractivity contribution in [1.29, 1.82) is 5.26 Å². The van der Waals surface area contributed by atoms with Crippen LogP contribution in [0.25, 0.3) is 0 Å². The molecule has 0 saturated carbocycles. The first-order chi connectivity index (χ1) is 8.63. The summed E-state index contributed by atoms with van der Waals surface area (Å²) < 4.78 is 0. The highest BCUT2D eigenvalue weighted by atomic mass is 35.5. The fraction of sp³-hybridized carbons (Fsp3) is 0.455. The molecule has 96 valence electrons. The van der Waals surface area contributed by atoms with Crippen LogP contribution in [0.15, 0.2) is 0 Å². The first-order valence-corrected chi connectivity index (χ1v) is 6.37. The lowest BCUT2D eigenvalue weighted by Crippen LogP contribution is -2.42. The van der Waals surface area contributed by atoms with Crippen LogP contribution in [-0.2, 0) is 0 Å². The van der Waals surface area contributed by atoms with Crippen LogP contribution in [-0.4, -0.2) is 30.0 Å². The molecule has 0 aromatic carbocycles. The van der Waals surface area contributed by atoms with Gasteiger partial charge in [-0.2, -0.15) is 5.26 Å². The Balaban J connectivity index is 2.11. The lowest BCUT2D eigenvalue weighted by atomic mass is 10.1. The van der Waals surface area contributed by atoms with E-state index in [-0.39, 0.29) is 33.4 Å². The second-order valence-electron chi connectivity index (χ2n) is 4.11. The third-order valence-corrected chi connectivity index (χ3v) is 3.75. The Morgan fingerprint density at radius 2 is 2.00 bits per heavy atom. The molecular weight excluding hydrogens is 275 g/mol. The molecule has 1 aromatic rings. The first-order valence-electron chi connectivity index (χ1n) is 5.62. The van der Waals surface area contributed by atoms with Gasteiger partial charge in [0.1, 0.15) is 17.5 Å². The highest BCUT2D eigenvalue weighted by Crippen LogP contribution is 2.29. The van der Waals surface area contributed by atoms with E-state index in [2.05, 4.69) is 15.6 Å². The van der Waals surface area contributed by atoms with Gasteiger partial charge >= 0.3 is 0 Å². The summed E-state index contributed by atoms with van der Waals surface area (Å²) in [6.45, 7) is 1.77. The van der Waals surface area contributed by atoms with Crippen LogP contribution in [0, 0.1) is 11.3 Å². The summed E-state index contributed by atoms with van der Waals surface area (Å²) >= 11 is 11.7. The average Bonchev–Trinajstić information content (AvgIpc) is 2.67. The van der Waals surface area contributed by atoms with E-state index in [0.29, 0.717) is 0 Å². The Morgan fingerprint density at radius 3 is 2.56 bits per heavy atom. The number of hydrogen-bond acceptors (Lipinski definition) is 3. The molecule has 0 atom stereocenters. The van der Waals surface area contributed by atoms with Crippen molar-refractivity contribution in [3.8, 4) is 6.07 Å². The molecule has 3 N–H and O–H groups in total. The molecule has 5 nitrogen and oxygen atoms in total. The van der Waals surface area contributed by atoms with E-state index in [1.807, 2.05) is 6.07 Å². The Morgan fingerprint density at radius 1 is 1.33 bits per heavy atom. The van der Waals surface area contributed by atoms with Crippen molar-refractivity contribution >= 4 is 29.1 Å². The molecule has 2 rings (SSSR count). The van der Waals surface area contributed by atoms with Crippen LogP contribution in [0.1, 0.15) is 29.0 Å². The minimum absolute atomic E-state index is 0.0922. The molecule has 7 heteroatoms. The third-order valence-electron chi connectivity index (χ3n) is 2.89. The summed E-state index contributed by atoms with van der Waals surface area (Å²) in [7, 11) is 0. The van der Waals surface area contributed by atoms with E-state index < -0.39 is 0 Å². The van der Waals surface area contributed by atoms with E-state index >= 15 is 0 Å². The SMILES string of the molecule is N#Cc1[nH]c(C(=O)NC2CCNCC2)c(Cl)c1Cl. The van der Waals surface area contributed by atoms with E-state index in [0.717, 1.165) is 25.9 Å². The number of aromatic nitrogens is 1. The highest BCUT2D eigenvalue weighted by molar-refractivity contribution is 6.44. The summed E-state index contributed by atoms with van der Waals surface area (Å²) in [6.07, 6.45) is 1.76. The molecule has 1 aromatic heterocycles. The molecule has 0 spiro atoms. The van der Waals surface area contributed by atoms with Crippen molar-refractivity contribution in [3.05, 3.63) is 21.4 Å². The molecule has 1 aliphatic heterocycles. The minimum Gasteiger partial charge on any atom is -0.348 e. The maximum atomic E-state index is 12.0. The molecule has 1 saturated heterocycles. The fourth-order valence-electron chi connectivity index (χ4n) is 1.91. The van der Waals surface area contributed by atoms with E-state index in [4.69, 9.17) is 28.5 Å². The molecule has 18 heavy (non-hydrogen) atoms. The molecule has 1 fully saturated rings. The molecule has 1 amide bonds. The number of piperidine rings is 1. The summed E-state index contributed by atoms with van der Waals surface area (Å²) in [6, 6.07) is 1.98. The summed E-state index contributed by atoms with van der Waals surface area (Å²) in [5.41, 5.74) is 0.258. The average molecular weight is 287 g/mol. The largest absolute Gasteiger partial charge is 0.348 e. The van der Waals surface area contributed by atoms with Crippen molar-refractivity contribution in [1.82, 2.24) is 15.6 Å². The number of rotatable bonds is 2. The molecule has 1 aliphatic rings. The van der Waals surface area contributed by atoms with Gasteiger partial charge in [0, 0.05) is 6.04 Å². The number of carbonyl (C=O) groups is 1. The number of nitriles is 1. The highest BCUT2D eigenvalue weighted by Gasteiger charge is 2.22. The van der Waals surface area contributed by atoms with Gasteiger partial charge in [-0.15, -0.1) is 0 Å². The van der Waals surface area contributed by atoms with Gasteiger partial charge in [0.25, 0.3) is 5.91 Å². The number of nitrogens with one attached hydrogen (secondary N) is 3. The summed E-state index contributed by atoms with van der Waals surface area (Å²) in [5.74, 6) is -0.324. The predicted octanol–water partition coefficient (Wildman–Crippen LogP) is 1.67. The van der Waals surface area contributed by atoms with Crippen molar-refractivity contribution in [2.75, 3.05) is 13.1 Å². The van der Waals surface area contributed by atoms with Crippen LogP contribution in [0.4, 0.5) is 0 Å². The molecule has 0 bridgehead atoms. The van der Waals surface area contributed by atoms with Gasteiger partial charge in [0.2, 0.25) is 0 Å². The van der Waals surface area contributed by atoms with Crippen molar-refractivity contribution in [2.45, 2.75) is 18.9 Å². The van der Waals surface area contributed by atoms with Gasteiger partial charge < -0.3 is 15.6 Å². The second kappa shape index (κ2) is 5.61. The Kier molecular flexibility index (Phi) is 4.12. The van der Waals surface area contributed by atoms with Crippen LogP contribution >= 0.6 is 23.2 Å². The van der Waals surface area contributed by atoms with E-state index in [9.17, 15) is 4.79 Å². The zero-order valence-corrected chi connectivity index (χ0v) is 11.0. The Bertz CT molecular complexity index is 500. The zero-order chi connectivity index (χ0) is 13.1. The standard InChI is InChI=1S/C11H12Cl2N4O/c12-8-7(5-14)17-10(9(8)13)11(18)16-6-1-3-15-4-2-6/h6,15,17H,1-4H2,(H,16,18). The van der Waals surface area contributed by atoms with Crippen molar-refractivity contribution in [2.24, 2.45) is 0 Å². The van der Waals surface area contributed by atoms with E-state index in [1.54, 1.807) is 0 Å². The number of H-pyrrole nitrogens is 1. The topological polar surface area (TPSA) is 80.7 Å².